The van der Waals surface area contributed by atoms with Crippen LogP contribution in [0, 0.1) is 0 Å². The van der Waals surface area contributed by atoms with Crippen LogP contribution in [0.1, 0.15) is 12.0 Å². The molecule has 0 spiro atoms. The summed E-state index contributed by atoms with van der Waals surface area (Å²) < 4.78 is 0. The van der Waals surface area contributed by atoms with Crippen LogP contribution >= 0.6 is 11.6 Å². The van der Waals surface area contributed by atoms with Gasteiger partial charge in [-0.15, -0.1) is 0 Å². The van der Waals surface area contributed by atoms with Gasteiger partial charge in [-0.2, -0.15) is 0 Å². The summed E-state index contributed by atoms with van der Waals surface area (Å²) in [4.78, 5) is 4.73. The highest BCUT2D eigenvalue weighted by Gasteiger charge is 2.13. The largest absolute Gasteiger partial charge is 0.508 e. The summed E-state index contributed by atoms with van der Waals surface area (Å²) in [5, 5.41) is 10.4. The lowest BCUT2D eigenvalue weighted by Crippen LogP contribution is -2.28. The molecule has 0 unspecified atom stereocenters. The van der Waals surface area contributed by atoms with E-state index in [1.54, 1.807) is 6.07 Å². The Morgan fingerprint density at radius 2 is 2.06 bits per heavy atom. The van der Waals surface area contributed by atoms with Gasteiger partial charge in [-0.1, -0.05) is 17.7 Å². The van der Waals surface area contributed by atoms with E-state index in [4.69, 9.17) is 11.6 Å². The standard InChI is InChI=1S/C13H19ClN2O/c1-15-5-2-6-16(8-7-15)10-11-3-4-12(14)9-13(11)17/h3-4,9,17H,2,5-8,10H2,1H3. The van der Waals surface area contributed by atoms with Crippen molar-refractivity contribution in [2.45, 2.75) is 13.0 Å². The predicted molar refractivity (Wildman–Crippen MR) is 70.5 cm³/mol. The van der Waals surface area contributed by atoms with Crippen LogP contribution in [-0.2, 0) is 6.54 Å². The van der Waals surface area contributed by atoms with Crippen molar-refractivity contribution in [3.8, 4) is 5.75 Å². The molecule has 4 heteroatoms. The zero-order valence-electron chi connectivity index (χ0n) is 10.2. The summed E-state index contributed by atoms with van der Waals surface area (Å²) in [5.74, 6) is 0.301. The molecule has 0 amide bonds. The number of phenols is 1. The van der Waals surface area contributed by atoms with Gasteiger partial charge in [0.2, 0.25) is 0 Å². The van der Waals surface area contributed by atoms with Gasteiger partial charge in [0.05, 0.1) is 0 Å². The van der Waals surface area contributed by atoms with E-state index in [-0.39, 0.29) is 0 Å². The quantitative estimate of drug-likeness (QED) is 0.877. The van der Waals surface area contributed by atoms with Crippen LogP contribution < -0.4 is 0 Å². The summed E-state index contributed by atoms with van der Waals surface area (Å²) in [5.41, 5.74) is 0.957. The Bertz CT molecular complexity index is 384. The second-order valence-corrected chi connectivity index (χ2v) is 5.14. The fourth-order valence-corrected chi connectivity index (χ4v) is 2.34. The number of benzene rings is 1. The van der Waals surface area contributed by atoms with Gasteiger partial charge in [0.1, 0.15) is 5.75 Å². The number of likely N-dealkylation sites (N-methyl/N-ethyl adjacent to an activating group) is 1. The first-order valence-electron chi connectivity index (χ1n) is 6.03. The second kappa shape index (κ2) is 5.71. The highest BCUT2D eigenvalue weighted by molar-refractivity contribution is 6.30. The van der Waals surface area contributed by atoms with E-state index >= 15 is 0 Å². The Morgan fingerprint density at radius 3 is 2.82 bits per heavy atom. The first kappa shape index (κ1) is 12.7. The highest BCUT2D eigenvalue weighted by atomic mass is 35.5. The molecule has 0 atom stereocenters. The average Bonchev–Trinajstić information content (AvgIpc) is 2.48. The van der Waals surface area contributed by atoms with E-state index in [2.05, 4.69) is 16.8 Å². The SMILES string of the molecule is CN1CCCN(Cc2ccc(Cl)cc2O)CC1. The van der Waals surface area contributed by atoms with Crippen LogP contribution in [0.15, 0.2) is 18.2 Å². The molecule has 3 nitrogen and oxygen atoms in total. The maximum absolute atomic E-state index is 9.82. The number of nitrogens with zero attached hydrogens (tertiary/aromatic N) is 2. The summed E-state index contributed by atoms with van der Waals surface area (Å²) in [6, 6.07) is 5.35. The third-order valence-corrected chi connectivity index (χ3v) is 3.49. The van der Waals surface area contributed by atoms with Gasteiger partial charge < -0.3 is 10.0 Å². The zero-order valence-corrected chi connectivity index (χ0v) is 11.0. The molecule has 0 saturated carbocycles. The van der Waals surface area contributed by atoms with Crippen LogP contribution in [-0.4, -0.2) is 48.1 Å². The van der Waals surface area contributed by atoms with Crippen LogP contribution in [0.5, 0.6) is 5.75 Å². The molecule has 1 aliphatic rings. The molecule has 0 aromatic heterocycles. The summed E-state index contributed by atoms with van der Waals surface area (Å²) >= 11 is 5.82. The van der Waals surface area contributed by atoms with E-state index < -0.39 is 0 Å². The zero-order chi connectivity index (χ0) is 12.3. The van der Waals surface area contributed by atoms with E-state index in [9.17, 15) is 5.11 Å². The van der Waals surface area contributed by atoms with Gasteiger partial charge in [-0.25, -0.2) is 0 Å². The van der Waals surface area contributed by atoms with E-state index in [1.165, 1.54) is 6.42 Å². The first-order chi connectivity index (χ1) is 8.15. The maximum atomic E-state index is 9.82. The molecule has 1 N–H and O–H groups in total. The minimum atomic E-state index is 0.301. The van der Waals surface area contributed by atoms with Gasteiger partial charge in [0, 0.05) is 30.2 Å². The van der Waals surface area contributed by atoms with Crippen LogP contribution in [0.4, 0.5) is 0 Å². The van der Waals surface area contributed by atoms with E-state index in [0.29, 0.717) is 10.8 Å². The smallest absolute Gasteiger partial charge is 0.121 e. The lowest BCUT2D eigenvalue weighted by molar-refractivity contribution is 0.266. The molecular formula is C13H19ClN2O. The van der Waals surface area contributed by atoms with Crippen molar-refractivity contribution in [3.05, 3.63) is 28.8 Å². The number of hydrogen-bond acceptors (Lipinski definition) is 3. The minimum Gasteiger partial charge on any atom is -0.508 e. The maximum Gasteiger partial charge on any atom is 0.121 e. The summed E-state index contributed by atoms with van der Waals surface area (Å²) in [6.07, 6.45) is 1.19. The second-order valence-electron chi connectivity index (χ2n) is 4.71. The monoisotopic (exact) mass is 254 g/mol. The lowest BCUT2D eigenvalue weighted by atomic mass is 10.2. The Balaban J connectivity index is 2.00. The molecule has 1 aromatic rings. The summed E-state index contributed by atoms with van der Waals surface area (Å²) in [7, 11) is 2.16. The number of rotatable bonds is 2. The highest BCUT2D eigenvalue weighted by Crippen LogP contribution is 2.23. The third-order valence-electron chi connectivity index (χ3n) is 3.25. The number of halogens is 1. The molecule has 17 heavy (non-hydrogen) atoms. The van der Waals surface area contributed by atoms with Crippen LogP contribution in [0.25, 0.3) is 0 Å². The van der Waals surface area contributed by atoms with Crippen LogP contribution in [0.2, 0.25) is 5.02 Å². The Morgan fingerprint density at radius 1 is 1.24 bits per heavy atom. The molecule has 0 radical (unpaired) electrons. The fourth-order valence-electron chi connectivity index (χ4n) is 2.17. The normalized spacial score (nSPS) is 19.2. The molecule has 1 heterocycles. The van der Waals surface area contributed by atoms with Crippen molar-refractivity contribution in [3.63, 3.8) is 0 Å². The van der Waals surface area contributed by atoms with Crippen molar-refractivity contribution in [2.24, 2.45) is 0 Å². The van der Waals surface area contributed by atoms with Crippen molar-refractivity contribution < 1.29 is 5.11 Å². The third kappa shape index (κ3) is 3.60. The lowest BCUT2D eigenvalue weighted by Gasteiger charge is -2.20. The van der Waals surface area contributed by atoms with Gasteiger partial charge in [0.25, 0.3) is 0 Å². The Kier molecular flexibility index (Phi) is 4.26. The van der Waals surface area contributed by atoms with Crippen molar-refractivity contribution >= 4 is 11.6 Å². The average molecular weight is 255 g/mol. The molecular weight excluding hydrogens is 236 g/mol. The van der Waals surface area contributed by atoms with Gasteiger partial charge in [-0.3, -0.25) is 4.90 Å². The predicted octanol–water partition coefficient (Wildman–Crippen LogP) is 2.18. The van der Waals surface area contributed by atoms with Gasteiger partial charge in [0.15, 0.2) is 0 Å². The topological polar surface area (TPSA) is 26.7 Å². The molecule has 2 rings (SSSR count). The molecule has 1 aliphatic heterocycles. The number of aromatic hydroxyl groups is 1. The Labute approximate surface area is 108 Å². The van der Waals surface area contributed by atoms with Gasteiger partial charge in [-0.05, 0) is 38.7 Å². The van der Waals surface area contributed by atoms with Crippen molar-refractivity contribution in [1.29, 1.82) is 0 Å². The van der Waals surface area contributed by atoms with Gasteiger partial charge >= 0.3 is 0 Å². The molecule has 0 aliphatic carbocycles. The van der Waals surface area contributed by atoms with E-state index in [0.717, 1.165) is 38.3 Å². The molecule has 1 saturated heterocycles. The minimum absolute atomic E-state index is 0.301. The number of phenolic OH excluding ortho intramolecular Hbond substituents is 1. The first-order valence-corrected chi connectivity index (χ1v) is 6.41. The molecule has 1 fully saturated rings. The molecule has 94 valence electrons. The van der Waals surface area contributed by atoms with Crippen molar-refractivity contribution in [1.82, 2.24) is 9.80 Å². The number of hydrogen-bond donors (Lipinski definition) is 1. The fraction of sp³-hybridized carbons (Fsp3) is 0.538. The molecule has 0 bridgehead atoms. The van der Waals surface area contributed by atoms with Crippen molar-refractivity contribution in [2.75, 3.05) is 33.2 Å². The van der Waals surface area contributed by atoms with Crippen LogP contribution in [0.3, 0.4) is 0 Å². The van der Waals surface area contributed by atoms with E-state index in [1.807, 2.05) is 12.1 Å². The Hall–Kier alpha value is -0.770. The molecule has 1 aromatic carbocycles. The summed E-state index contributed by atoms with van der Waals surface area (Å²) in [6.45, 7) is 5.19.